The van der Waals surface area contributed by atoms with Crippen LogP contribution in [0.3, 0.4) is 0 Å². The number of hydrogen-bond donors (Lipinski definition) is 0. The van der Waals surface area contributed by atoms with Gasteiger partial charge >= 0.3 is 0 Å². The van der Waals surface area contributed by atoms with Gasteiger partial charge in [-0.3, -0.25) is 0 Å². The van der Waals surface area contributed by atoms with Gasteiger partial charge in [0.05, 0.1) is 4.90 Å². The summed E-state index contributed by atoms with van der Waals surface area (Å²) in [5.41, 5.74) is 2.14. The molecule has 146 valence electrons. The highest BCUT2D eigenvalue weighted by Crippen LogP contribution is 2.29. The Hall–Kier alpha value is -1.51. The summed E-state index contributed by atoms with van der Waals surface area (Å²) < 4.78 is 28.2. The monoisotopic (exact) mass is 452 g/mol. The molecule has 0 N–H and O–H groups in total. The largest absolute Gasteiger partial charge is 0.354 e. The number of rotatable bonds is 4. The van der Waals surface area contributed by atoms with Gasteiger partial charge in [0, 0.05) is 41.9 Å². The maximum absolute atomic E-state index is 12.9. The van der Waals surface area contributed by atoms with Crippen molar-refractivity contribution in [3.8, 4) is 0 Å². The van der Waals surface area contributed by atoms with Gasteiger partial charge in [-0.2, -0.15) is 4.31 Å². The van der Waals surface area contributed by atoms with E-state index in [1.165, 1.54) is 0 Å². The maximum Gasteiger partial charge on any atom is 0.243 e. The number of halogens is 1. The number of aromatic nitrogens is 2. The third kappa shape index (κ3) is 4.17. The van der Waals surface area contributed by atoms with Crippen LogP contribution in [0.2, 0.25) is 0 Å². The zero-order chi connectivity index (χ0) is 19.8. The molecule has 0 saturated carbocycles. The van der Waals surface area contributed by atoms with Crippen molar-refractivity contribution >= 4 is 31.8 Å². The van der Waals surface area contributed by atoms with Crippen molar-refractivity contribution in [2.45, 2.75) is 38.5 Å². The fraction of sp³-hybridized carbons (Fsp3) is 0.474. The first kappa shape index (κ1) is 20.2. The molecule has 1 aromatic carbocycles. The second-order valence-corrected chi connectivity index (χ2v) is 9.95. The van der Waals surface area contributed by atoms with Crippen LogP contribution in [0, 0.1) is 13.8 Å². The van der Waals surface area contributed by atoms with E-state index in [1.807, 2.05) is 13.8 Å². The van der Waals surface area contributed by atoms with E-state index in [2.05, 4.69) is 44.6 Å². The van der Waals surface area contributed by atoms with E-state index in [-0.39, 0.29) is 0 Å². The normalized spacial score (nSPS) is 16.1. The summed E-state index contributed by atoms with van der Waals surface area (Å²) in [6.07, 6.45) is 0. The predicted octanol–water partition coefficient (Wildman–Crippen LogP) is 3.49. The van der Waals surface area contributed by atoms with Crippen molar-refractivity contribution in [2.75, 3.05) is 31.1 Å². The summed E-state index contributed by atoms with van der Waals surface area (Å²) in [7, 11) is -3.47. The Morgan fingerprint density at radius 2 is 1.59 bits per heavy atom. The molecular weight excluding hydrogens is 428 g/mol. The lowest BCUT2D eigenvalue weighted by molar-refractivity contribution is 0.383. The van der Waals surface area contributed by atoms with Gasteiger partial charge in [0.25, 0.3) is 0 Å². The van der Waals surface area contributed by atoms with E-state index in [9.17, 15) is 8.42 Å². The molecule has 0 atom stereocenters. The molecule has 6 nitrogen and oxygen atoms in total. The van der Waals surface area contributed by atoms with Crippen molar-refractivity contribution in [3.63, 3.8) is 0 Å². The molecule has 3 rings (SSSR count). The van der Waals surface area contributed by atoms with E-state index in [1.54, 1.807) is 28.6 Å². The Balaban J connectivity index is 1.81. The van der Waals surface area contributed by atoms with Crippen LogP contribution in [-0.4, -0.2) is 48.9 Å². The van der Waals surface area contributed by atoms with Crippen LogP contribution in [0.15, 0.2) is 33.6 Å². The molecule has 1 aromatic heterocycles. The lowest BCUT2D eigenvalue weighted by Gasteiger charge is -2.36. The number of sulfonamides is 1. The third-order valence-electron chi connectivity index (χ3n) is 4.79. The van der Waals surface area contributed by atoms with Gasteiger partial charge in [-0.05, 0) is 44.0 Å². The second-order valence-electron chi connectivity index (χ2n) is 7.09. The first-order chi connectivity index (χ1) is 12.7. The summed E-state index contributed by atoms with van der Waals surface area (Å²) in [5, 5.41) is 0. The molecule has 0 spiro atoms. The van der Waals surface area contributed by atoms with Crippen LogP contribution in [0.4, 0.5) is 5.82 Å². The van der Waals surface area contributed by atoms with Gasteiger partial charge < -0.3 is 4.90 Å². The lowest BCUT2D eigenvalue weighted by atomic mass is 10.0. The molecule has 1 aliphatic heterocycles. The minimum atomic E-state index is -3.47. The molecule has 1 aliphatic rings. The Kier molecular flexibility index (Phi) is 5.88. The smallest absolute Gasteiger partial charge is 0.243 e. The molecule has 0 radical (unpaired) electrons. The van der Waals surface area contributed by atoms with Crippen LogP contribution >= 0.6 is 15.9 Å². The second kappa shape index (κ2) is 7.85. The standard InChI is InChI=1S/C19H25BrN4O2S/c1-13(2)18-14(3)21-15(4)22-19(18)23-9-11-24(12-10-23)27(25,26)17-7-5-16(20)6-8-17/h5-8,13H,9-12H2,1-4H3. The third-order valence-corrected chi connectivity index (χ3v) is 7.24. The van der Waals surface area contributed by atoms with Gasteiger partial charge in [0.1, 0.15) is 11.6 Å². The van der Waals surface area contributed by atoms with Gasteiger partial charge in [0.15, 0.2) is 0 Å². The molecule has 0 amide bonds. The molecular formula is C19H25BrN4O2S. The number of aryl methyl sites for hydroxylation is 2. The molecule has 2 heterocycles. The summed E-state index contributed by atoms with van der Waals surface area (Å²) in [4.78, 5) is 11.7. The van der Waals surface area contributed by atoms with E-state index in [0.29, 0.717) is 37.0 Å². The van der Waals surface area contributed by atoms with Crippen molar-refractivity contribution in [2.24, 2.45) is 0 Å². The van der Waals surface area contributed by atoms with E-state index >= 15 is 0 Å². The Morgan fingerprint density at radius 3 is 2.15 bits per heavy atom. The Labute approximate surface area is 169 Å². The highest BCUT2D eigenvalue weighted by atomic mass is 79.9. The number of hydrogen-bond acceptors (Lipinski definition) is 5. The van der Waals surface area contributed by atoms with Gasteiger partial charge in [0.2, 0.25) is 10.0 Å². The SMILES string of the molecule is Cc1nc(C)c(C(C)C)c(N2CCN(S(=O)(=O)c3ccc(Br)cc3)CC2)n1. The Bertz CT molecular complexity index is 921. The van der Waals surface area contributed by atoms with Crippen molar-refractivity contribution in [1.82, 2.24) is 14.3 Å². The molecule has 0 aliphatic carbocycles. The average molecular weight is 453 g/mol. The fourth-order valence-electron chi connectivity index (χ4n) is 3.52. The zero-order valence-electron chi connectivity index (χ0n) is 16.1. The molecule has 1 fully saturated rings. The zero-order valence-corrected chi connectivity index (χ0v) is 18.5. The molecule has 1 saturated heterocycles. The number of anilines is 1. The van der Waals surface area contributed by atoms with Gasteiger partial charge in [-0.15, -0.1) is 0 Å². The minimum Gasteiger partial charge on any atom is -0.354 e. The van der Waals surface area contributed by atoms with E-state index in [0.717, 1.165) is 27.4 Å². The van der Waals surface area contributed by atoms with E-state index in [4.69, 9.17) is 0 Å². The fourth-order valence-corrected chi connectivity index (χ4v) is 5.20. The lowest BCUT2D eigenvalue weighted by Crippen LogP contribution is -2.49. The van der Waals surface area contributed by atoms with Crippen molar-refractivity contribution in [1.29, 1.82) is 0 Å². The number of benzene rings is 1. The topological polar surface area (TPSA) is 66.4 Å². The summed E-state index contributed by atoms with van der Waals surface area (Å²) >= 11 is 3.34. The molecule has 8 heteroatoms. The highest BCUT2D eigenvalue weighted by Gasteiger charge is 2.30. The average Bonchev–Trinajstić information content (AvgIpc) is 2.61. The number of nitrogens with zero attached hydrogens (tertiary/aromatic N) is 4. The first-order valence-electron chi connectivity index (χ1n) is 9.06. The minimum absolute atomic E-state index is 0.310. The summed E-state index contributed by atoms with van der Waals surface area (Å²) in [5.74, 6) is 2.00. The van der Waals surface area contributed by atoms with Crippen LogP contribution < -0.4 is 4.90 Å². The van der Waals surface area contributed by atoms with E-state index < -0.39 is 10.0 Å². The predicted molar refractivity (Wildman–Crippen MR) is 111 cm³/mol. The quantitative estimate of drug-likeness (QED) is 0.709. The Morgan fingerprint density at radius 1 is 1.00 bits per heavy atom. The first-order valence-corrected chi connectivity index (χ1v) is 11.3. The molecule has 2 aromatic rings. The van der Waals surface area contributed by atoms with Crippen LogP contribution in [0.5, 0.6) is 0 Å². The van der Waals surface area contributed by atoms with Crippen LogP contribution in [0.25, 0.3) is 0 Å². The molecule has 0 unspecified atom stereocenters. The summed E-state index contributed by atoms with van der Waals surface area (Å²) in [6.45, 7) is 10.3. The highest BCUT2D eigenvalue weighted by molar-refractivity contribution is 9.10. The van der Waals surface area contributed by atoms with Crippen molar-refractivity contribution in [3.05, 3.63) is 45.8 Å². The van der Waals surface area contributed by atoms with Gasteiger partial charge in [-0.25, -0.2) is 18.4 Å². The number of piperazine rings is 1. The van der Waals surface area contributed by atoms with Crippen molar-refractivity contribution < 1.29 is 8.42 Å². The van der Waals surface area contributed by atoms with Crippen LogP contribution in [-0.2, 0) is 10.0 Å². The molecule has 0 bridgehead atoms. The van der Waals surface area contributed by atoms with Gasteiger partial charge in [-0.1, -0.05) is 29.8 Å². The molecule has 27 heavy (non-hydrogen) atoms. The summed E-state index contributed by atoms with van der Waals surface area (Å²) in [6, 6.07) is 6.79. The maximum atomic E-state index is 12.9. The van der Waals surface area contributed by atoms with Crippen LogP contribution in [0.1, 0.15) is 36.8 Å².